The second-order valence-corrected chi connectivity index (χ2v) is 8.77. The Morgan fingerprint density at radius 1 is 1.22 bits per heavy atom. The zero-order valence-electron chi connectivity index (χ0n) is 18.6. The van der Waals surface area contributed by atoms with Gasteiger partial charge in [-0.05, 0) is 49.2 Å². The van der Waals surface area contributed by atoms with E-state index < -0.39 is 0 Å². The van der Waals surface area contributed by atoms with E-state index >= 15 is 0 Å². The zero-order chi connectivity index (χ0) is 22.5. The van der Waals surface area contributed by atoms with Crippen molar-refractivity contribution in [3.63, 3.8) is 0 Å². The molecule has 0 radical (unpaired) electrons. The number of nitrogens with zero attached hydrogens (tertiary/aromatic N) is 3. The molecule has 166 valence electrons. The number of rotatable bonds is 9. The summed E-state index contributed by atoms with van der Waals surface area (Å²) in [5, 5.41) is 4.59. The number of hydrogen-bond donors (Lipinski definition) is 1. The van der Waals surface area contributed by atoms with Crippen LogP contribution in [0.4, 0.5) is 0 Å². The SMILES string of the molecule is CCCNC(CC)C(c1ccc2nc(-c3cccc(C(=O)OC)c3)sc2c1)n1ccnc1. The van der Waals surface area contributed by atoms with Gasteiger partial charge in [0, 0.05) is 24.0 Å². The quantitative estimate of drug-likeness (QED) is 0.351. The minimum atomic E-state index is -0.344. The summed E-state index contributed by atoms with van der Waals surface area (Å²) in [6.07, 6.45) is 7.85. The van der Waals surface area contributed by atoms with Crippen LogP contribution in [-0.4, -0.2) is 40.2 Å². The standard InChI is InChI=1S/C25H28N4O2S/c1-4-11-27-20(5-2)23(29-13-12-26-16-29)17-9-10-21-22(15-17)32-24(28-21)18-7-6-8-19(14-18)25(30)31-3/h6-10,12-16,20,23,27H,4-5,11H2,1-3H3. The van der Waals surface area contributed by atoms with Gasteiger partial charge in [-0.3, -0.25) is 0 Å². The summed E-state index contributed by atoms with van der Waals surface area (Å²) >= 11 is 1.64. The Morgan fingerprint density at radius 2 is 2.09 bits per heavy atom. The number of hydrogen-bond acceptors (Lipinski definition) is 6. The maximum atomic E-state index is 11.9. The molecule has 2 unspecified atom stereocenters. The van der Waals surface area contributed by atoms with Gasteiger partial charge < -0.3 is 14.6 Å². The number of nitrogens with one attached hydrogen (secondary N) is 1. The van der Waals surface area contributed by atoms with E-state index in [1.807, 2.05) is 36.9 Å². The first-order valence-electron chi connectivity index (χ1n) is 10.9. The number of carbonyl (C=O) groups is 1. The van der Waals surface area contributed by atoms with Gasteiger partial charge in [0.25, 0.3) is 0 Å². The molecule has 2 heterocycles. The van der Waals surface area contributed by atoms with Crippen molar-refractivity contribution in [1.29, 1.82) is 0 Å². The summed E-state index contributed by atoms with van der Waals surface area (Å²) < 4.78 is 8.16. The number of thiazole rings is 1. The summed E-state index contributed by atoms with van der Waals surface area (Å²) in [4.78, 5) is 21.0. The van der Waals surface area contributed by atoms with E-state index in [-0.39, 0.29) is 12.0 Å². The third-order valence-corrected chi connectivity index (χ3v) is 6.68. The van der Waals surface area contributed by atoms with Crippen LogP contribution in [0.5, 0.6) is 0 Å². The van der Waals surface area contributed by atoms with Gasteiger partial charge in [0.1, 0.15) is 5.01 Å². The van der Waals surface area contributed by atoms with Crippen LogP contribution in [0.25, 0.3) is 20.8 Å². The van der Waals surface area contributed by atoms with Crippen molar-refractivity contribution in [3.8, 4) is 10.6 Å². The molecule has 4 aromatic rings. The molecule has 4 rings (SSSR count). The molecule has 32 heavy (non-hydrogen) atoms. The molecule has 2 aromatic heterocycles. The highest BCUT2D eigenvalue weighted by molar-refractivity contribution is 7.21. The third-order valence-electron chi connectivity index (χ3n) is 5.61. The molecule has 0 aliphatic carbocycles. The lowest BCUT2D eigenvalue weighted by Gasteiger charge is -2.29. The molecule has 1 N–H and O–H groups in total. The number of fused-ring (bicyclic) bond motifs is 1. The van der Waals surface area contributed by atoms with Gasteiger partial charge in [-0.1, -0.05) is 32.0 Å². The lowest BCUT2D eigenvalue weighted by molar-refractivity contribution is 0.0601. The Bertz CT molecular complexity index is 1190. The molecule has 7 heteroatoms. The van der Waals surface area contributed by atoms with E-state index in [0.717, 1.165) is 40.2 Å². The summed E-state index contributed by atoms with van der Waals surface area (Å²) in [7, 11) is 1.39. The predicted octanol–water partition coefficient (Wildman–Crippen LogP) is 5.31. The van der Waals surface area contributed by atoms with Crippen molar-refractivity contribution in [2.75, 3.05) is 13.7 Å². The number of esters is 1. The monoisotopic (exact) mass is 448 g/mol. The van der Waals surface area contributed by atoms with Crippen molar-refractivity contribution >= 4 is 27.5 Å². The number of benzene rings is 2. The molecule has 0 spiro atoms. The molecular weight excluding hydrogens is 420 g/mol. The Morgan fingerprint density at radius 3 is 2.81 bits per heavy atom. The second-order valence-electron chi connectivity index (χ2n) is 7.74. The van der Waals surface area contributed by atoms with Gasteiger partial charge in [0.15, 0.2) is 0 Å². The summed E-state index contributed by atoms with van der Waals surface area (Å²) in [6.45, 7) is 5.38. The molecule has 0 aliphatic rings. The van der Waals surface area contributed by atoms with Crippen LogP contribution in [0.1, 0.15) is 48.7 Å². The molecule has 2 atom stereocenters. The minimum absolute atomic E-state index is 0.145. The first kappa shape index (κ1) is 22.2. The number of methoxy groups -OCH3 is 1. The number of carbonyl (C=O) groups excluding carboxylic acids is 1. The van der Waals surface area contributed by atoms with Gasteiger partial charge in [-0.15, -0.1) is 11.3 Å². The minimum Gasteiger partial charge on any atom is -0.465 e. The van der Waals surface area contributed by atoms with Crippen molar-refractivity contribution in [2.45, 2.75) is 38.8 Å². The van der Waals surface area contributed by atoms with Crippen LogP contribution in [0.3, 0.4) is 0 Å². The van der Waals surface area contributed by atoms with Crippen molar-refractivity contribution < 1.29 is 9.53 Å². The zero-order valence-corrected chi connectivity index (χ0v) is 19.4. The molecule has 0 aliphatic heterocycles. The van der Waals surface area contributed by atoms with Crippen LogP contribution >= 0.6 is 11.3 Å². The highest BCUT2D eigenvalue weighted by Crippen LogP contribution is 2.34. The maximum absolute atomic E-state index is 11.9. The molecule has 6 nitrogen and oxygen atoms in total. The summed E-state index contributed by atoms with van der Waals surface area (Å²) in [6, 6.07) is 14.4. The van der Waals surface area contributed by atoms with E-state index in [2.05, 4.69) is 46.9 Å². The van der Waals surface area contributed by atoms with Crippen molar-refractivity contribution in [1.82, 2.24) is 19.9 Å². The van der Waals surface area contributed by atoms with E-state index in [9.17, 15) is 4.79 Å². The third kappa shape index (κ3) is 4.59. The molecule has 2 aromatic carbocycles. The van der Waals surface area contributed by atoms with Crippen molar-refractivity contribution in [2.24, 2.45) is 0 Å². The Kier molecular flexibility index (Phi) is 6.97. The van der Waals surface area contributed by atoms with Crippen LogP contribution < -0.4 is 5.32 Å². The van der Waals surface area contributed by atoms with Crippen LogP contribution in [0, 0.1) is 0 Å². The maximum Gasteiger partial charge on any atom is 0.337 e. The number of imidazole rings is 1. The average molecular weight is 449 g/mol. The fourth-order valence-electron chi connectivity index (χ4n) is 4.00. The number of aromatic nitrogens is 3. The van der Waals surface area contributed by atoms with Crippen LogP contribution in [0.15, 0.2) is 61.2 Å². The molecule has 0 saturated heterocycles. The van der Waals surface area contributed by atoms with Crippen LogP contribution in [0.2, 0.25) is 0 Å². The largest absolute Gasteiger partial charge is 0.465 e. The first-order valence-corrected chi connectivity index (χ1v) is 11.8. The summed E-state index contributed by atoms with van der Waals surface area (Å²) in [5.41, 5.74) is 3.62. The lowest BCUT2D eigenvalue weighted by Crippen LogP contribution is -2.38. The molecule has 0 bridgehead atoms. The van der Waals surface area contributed by atoms with E-state index in [4.69, 9.17) is 9.72 Å². The fourth-order valence-corrected chi connectivity index (χ4v) is 5.01. The Hall–Kier alpha value is -3.03. The van der Waals surface area contributed by atoms with Gasteiger partial charge in [-0.2, -0.15) is 0 Å². The first-order chi connectivity index (χ1) is 15.6. The van der Waals surface area contributed by atoms with Gasteiger partial charge >= 0.3 is 5.97 Å². The van der Waals surface area contributed by atoms with Gasteiger partial charge in [0.05, 0.1) is 35.3 Å². The van der Waals surface area contributed by atoms with E-state index in [0.29, 0.717) is 11.6 Å². The highest BCUT2D eigenvalue weighted by atomic mass is 32.1. The lowest BCUT2D eigenvalue weighted by atomic mass is 9.96. The van der Waals surface area contributed by atoms with Crippen molar-refractivity contribution in [3.05, 3.63) is 72.3 Å². The topological polar surface area (TPSA) is 69.0 Å². The van der Waals surface area contributed by atoms with E-state index in [1.54, 1.807) is 17.4 Å². The molecule has 0 saturated carbocycles. The Labute approximate surface area is 192 Å². The number of ether oxygens (including phenoxy) is 1. The molecule has 0 fully saturated rings. The molecule has 0 amide bonds. The normalized spacial score (nSPS) is 13.2. The Balaban J connectivity index is 1.72. The van der Waals surface area contributed by atoms with Gasteiger partial charge in [-0.25, -0.2) is 14.8 Å². The fraction of sp³-hybridized carbons (Fsp3) is 0.320. The smallest absolute Gasteiger partial charge is 0.337 e. The average Bonchev–Trinajstić information content (AvgIpc) is 3.51. The van der Waals surface area contributed by atoms with Gasteiger partial charge in [0.2, 0.25) is 0 Å². The summed E-state index contributed by atoms with van der Waals surface area (Å²) in [5.74, 6) is -0.344. The molecular formula is C25H28N4O2S. The second kappa shape index (κ2) is 10.1. The predicted molar refractivity (Wildman–Crippen MR) is 129 cm³/mol. The van der Waals surface area contributed by atoms with E-state index in [1.165, 1.54) is 12.7 Å². The van der Waals surface area contributed by atoms with Crippen LogP contribution in [-0.2, 0) is 4.74 Å². The highest BCUT2D eigenvalue weighted by Gasteiger charge is 2.23.